The van der Waals surface area contributed by atoms with E-state index in [1.54, 1.807) is 36.4 Å². The zero-order valence-electron chi connectivity index (χ0n) is 16.6. The largest absolute Gasteiger partial charge is 0.495 e. The van der Waals surface area contributed by atoms with Crippen LogP contribution in [0.4, 0.5) is 11.4 Å². The molecule has 28 heavy (non-hydrogen) atoms. The maximum Gasteiger partial charge on any atom is 0.244 e. The Labute approximate surface area is 163 Å². The molecule has 150 valence electrons. The van der Waals surface area contributed by atoms with Gasteiger partial charge in [0.2, 0.25) is 17.6 Å². The van der Waals surface area contributed by atoms with Gasteiger partial charge >= 0.3 is 0 Å². The van der Waals surface area contributed by atoms with E-state index in [0.29, 0.717) is 34.4 Å². The van der Waals surface area contributed by atoms with Crippen LogP contribution in [0.3, 0.4) is 0 Å². The first-order valence-electron chi connectivity index (χ1n) is 8.46. The van der Waals surface area contributed by atoms with Crippen molar-refractivity contribution in [1.29, 1.82) is 0 Å². The lowest BCUT2D eigenvalue weighted by atomic mass is 10.2. The molecule has 0 bridgehead atoms. The van der Waals surface area contributed by atoms with Crippen LogP contribution in [-0.4, -0.2) is 46.8 Å². The van der Waals surface area contributed by atoms with Crippen molar-refractivity contribution in [3.8, 4) is 23.0 Å². The third kappa shape index (κ3) is 4.64. The van der Waals surface area contributed by atoms with Crippen molar-refractivity contribution in [3.05, 3.63) is 36.4 Å². The number of methoxy groups -OCH3 is 4. The van der Waals surface area contributed by atoms with Crippen LogP contribution in [0.25, 0.3) is 0 Å². The molecule has 8 nitrogen and oxygen atoms in total. The summed E-state index contributed by atoms with van der Waals surface area (Å²) in [6, 6.07) is 10.2. The van der Waals surface area contributed by atoms with E-state index in [2.05, 4.69) is 5.32 Å². The van der Waals surface area contributed by atoms with Crippen LogP contribution in [0, 0.1) is 0 Å². The van der Waals surface area contributed by atoms with Gasteiger partial charge in [0.05, 0.1) is 34.1 Å². The monoisotopic (exact) mass is 388 g/mol. The number of hydrogen-bond acceptors (Lipinski definition) is 6. The smallest absolute Gasteiger partial charge is 0.244 e. The van der Waals surface area contributed by atoms with Gasteiger partial charge in [-0.15, -0.1) is 0 Å². The predicted octanol–water partition coefficient (Wildman–Crippen LogP) is 2.71. The van der Waals surface area contributed by atoms with Crippen molar-refractivity contribution >= 4 is 23.2 Å². The molecule has 0 atom stereocenters. The lowest BCUT2D eigenvalue weighted by molar-refractivity contribution is -0.120. The van der Waals surface area contributed by atoms with Gasteiger partial charge in [-0.1, -0.05) is 12.1 Å². The lowest BCUT2D eigenvalue weighted by Crippen LogP contribution is -2.36. The molecule has 2 amide bonds. The number of carbonyl (C=O) groups excluding carboxylic acids is 2. The van der Waals surface area contributed by atoms with Crippen LogP contribution in [0.1, 0.15) is 6.92 Å². The van der Waals surface area contributed by atoms with Crippen molar-refractivity contribution < 1.29 is 28.5 Å². The third-order valence-electron chi connectivity index (χ3n) is 4.01. The second-order valence-corrected chi connectivity index (χ2v) is 5.74. The van der Waals surface area contributed by atoms with Crippen LogP contribution in [0.2, 0.25) is 0 Å². The Morgan fingerprint density at radius 2 is 1.46 bits per heavy atom. The number of nitrogens with zero attached hydrogens (tertiary/aromatic N) is 1. The van der Waals surface area contributed by atoms with E-state index in [1.807, 2.05) is 0 Å². The summed E-state index contributed by atoms with van der Waals surface area (Å²) in [5, 5.41) is 2.75. The van der Waals surface area contributed by atoms with Crippen molar-refractivity contribution in [2.75, 3.05) is 45.2 Å². The van der Waals surface area contributed by atoms with Gasteiger partial charge in [0.1, 0.15) is 12.3 Å². The number of benzene rings is 2. The Kier molecular flexibility index (Phi) is 7.08. The Morgan fingerprint density at radius 3 is 1.96 bits per heavy atom. The predicted molar refractivity (Wildman–Crippen MR) is 106 cm³/mol. The van der Waals surface area contributed by atoms with Crippen LogP contribution in [0.5, 0.6) is 23.0 Å². The normalized spacial score (nSPS) is 10.0. The number of ether oxygens (including phenoxy) is 4. The molecule has 8 heteroatoms. The molecule has 2 aromatic carbocycles. The fourth-order valence-corrected chi connectivity index (χ4v) is 2.72. The molecular formula is C20H24N2O6. The molecule has 0 aliphatic heterocycles. The van der Waals surface area contributed by atoms with Crippen LogP contribution in [0.15, 0.2) is 36.4 Å². The number of anilines is 2. The number of nitrogens with one attached hydrogen (secondary N) is 1. The first-order chi connectivity index (χ1) is 13.4. The molecule has 0 heterocycles. The SMILES string of the molecule is COc1ccccc1N(CC(=O)Nc1cc(OC)c(OC)c(OC)c1)C(C)=O. The minimum Gasteiger partial charge on any atom is -0.495 e. The highest BCUT2D eigenvalue weighted by Crippen LogP contribution is 2.40. The number of hydrogen-bond donors (Lipinski definition) is 1. The van der Waals surface area contributed by atoms with Crippen LogP contribution >= 0.6 is 0 Å². The molecule has 0 aromatic heterocycles. The summed E-state index contributed by atoms with van der Waals surface area (Å²) in [6.45, 7) is 1.20. The molecular weight excluding hydrogens is 364 g/mol. The van der Waals surface area contributed by atoms with Gasteiger partial charge < -0.3 is 24.3 Å². The summed E-state index contributed by atoms with van der Waals surface area (Å²) in [5.41, 5.74) is 0.959. The zero-order valence-corrected chi connectivity index (χ0v) is 16.6. The Bertz CT molecular complexity index is 827. The van der Waals surface area contributed by atoms with Crippen molar-refractivity contribution in [1.82, 2.24) is 0 Å². The first kappa shape index (κ1) is 20.9. The average molecular weight is 388 g/mol. The van der Waals surface area contributed by atoms with Gasteiger partial charge in [0.25, 0.3) is 0 Å². The minimum absolute atomic E-state index is 0.188. The molecule has 0 aliphatic rings. The highest BCUT2D eigenvalue weighted by molar-refractivity contribution is 6.02. The molecule has 0 saturated heterocycles. The molecule has 0 spiro atoms. The number of rotatable bonds is 8. The molecule has 1 N–H and O–H groups in total. The second kappa shape index (κ2) is 9.50. The Hall–Kier alpha value is -3.42. The van der Waals surface area contributed by atoms with Crippen molar-refractivity contribution in [2.24, 2.45) is 0 Å². The van der Waals surface area contributed by atoms with Gasteiger partial charge in [-0.3, -0.25) is 14.5 Å². The summed E-state index contributed by atoms with van der Waals surface area (Å²) < 4.78 is 21.1. The molecule has 0 radical (unpaired) electrons. The summed E-state index contributed by atoms with van der Waals surface area (Å²) in [7, 11) is 5.98. The molecule has 2 aromatic rings. The van der Waals surface area contributed by atoms with E-state index in [-0.39, 0.29) is 12.5 Å². The number of carbonyl (C=O) groups is 2. The van der Waals surface area contributed by atoms with Gasteiger partial charge in [0, 0.05) is 24.7 Å². The first-order valence-corrected chi connectivity index (χ1v) is 8.46. The molecule has 0 aliphatic carbocycles. The van der Waals surface area contributed by atoms with Gasteiger partial charge in [-0.2, -0.15) is 0 Å². The van der Waals surface area contributed by atoms with E-state index in [4.69, 9.17) is 18.9 Å². The van der Waals surface area contributed by atoms with Crippen LogP contribution < -0.4 is 29.2 Å². The van der Waals surface area contributed by atoms with Crippen molar-refractivity contribution in [3.63, 3.8) is 0 Å². The summed E-state index contributed by atoms with van der Waals surface area (Å²) in [4.78, 5) is 26.1. The molecule has 0 unspecified atom stereocenters. The van der Waals surface area contributed by atoms with E-state index in [1.165, 1.54) is 40.3 Å². The fourth-order valence-electron chi connectivity index (χ4n) is 2.72. The van der Waals surface area contributed by atoms with Gasteiger partial charge in [-0.25, -0.2) is 0 Å². The summed E-state index contributed by atoms with van der Waals surface area (Å²) in [5.74, 6) is 1.05. The van der Waals surface area contributed by atoms with E-state index >= 15 is 0 Å². The van der Waals surface area contributed by atoms with E-state index in [9.17, 15) is 9.59 Å². The molecule has 0 saturated carbocycles. The molecule has 0 fully saturated rings. The number of para-hydroxylation sites is 2. The lowest BCUT2D eigenvalue weighted by Gasteiger charge is -2.23. The summed E-state index contributed by atoms with van der Waals surface area (Å²) >= 11 is 0. The standard InChI is InChI=1S/C20H24N2O6/c1-13(23)22(15-8-6-7-9-16(15)25-2)12-19(24)21-14-10-17(26-3)20(28-5)18(11-14)27-4/h6-11H,12H2,1-5H3,(H,21,24). The maximum absolute atomic E-state index is 12.6. The fraction of sp³-hybridized carbons (Fsp3) is 0.300. The Balaban J connectivity index is 2.25. The Morgan fingerprint density at radius 1 is 0.893 bits per heavy atom. The zero-order chi connectivity index (χ0) is 20.7. The quantitative estimate of drug-likeness (QED) is 0.748. The van der Waals surface area contributed by atoms with Gasteiger partial charge in [-0.05, 0) is 12.1 Å². The highest BCUT2D eigenvalue weighted by atomic mass is 16.5. The van der Waals surface area contributed by atoms with E-state index in [0.717, 1.165) is 0 Å². The van der Waals surface area contributed by atoms with Gasteiger partial charge in [0.15, 0.2) is 11.5 Å². The van der Waals surface area contributed by atoms with E-state index < -0.39 is 5.91 Å². The maximum atomic E-state index is 12.6. The minimum atomic E-state index is -0.393. The topological polar surface area (TPSA) is 86.3 Å². The number of amides is 2. The average Bonchev–Trinajstić information content (AvgIpc) is 2.70. The second-order valence-electron chi connectivity index (χ2n) is 5.74. The highest BCUT2D eigenvalue weighted by Gasteiger charge is 2.20. The molecule has 2 rings (SSSR count). The van der Waals surface area contributed by atoms with Crippen molar-refractivity contribution in [2.45, 2.75) is 6.92 Å². The summed E-state index contributed by atoms with van der Waals surface area (Å²) in [6.07, 6.45) is 0. The third-order valence-corrected chi connectivity index (χ3v) is 4.01. The van der Waals surface area contributed by atoms with Crippen LogP contribution in [-0.2, 0) is 9.59 Å².